The second-order valence-electron chi connectivity index (χ2n) is 5.13. The smallest absolute Gasteiger partial charge is 0.222 e. The SMILES string of the molecule is CN(Cc1ccccc1)C(=O)CC1CCNCC1. The van der Waals surface area contributed by atoms with E-state index in [1.165, 1.54) is 5.56 Å². The van der Waals surface area contributed by atoms with Crippen molar-refractivity contribution in [1.82, 2.24) is 10.2 Å². The van der Waals surface area contributed by atoms with Crippen LogP contribution in [0.2, 0.25) is 0 Å². The van der Waals surface area contributed by atoms with Crippen LogP contribution in [0.4, 0.5) is 0 Å². The van der Waals surface area contributed by atoms with Crippen LogP contribution in [0.3, 0.4) is 0 Å². The molecule has 1 N–H and O–H groups in total. The van der Waals surface area contributed by atoms with E-state index >= 15 is 0 Å². The lowest BCUT2D eigenvalue weighted by atomic mass is 9.94. The number of carbonyl (C=O) groups excluding carboxylic acids is 1. The molecule has 0 unspecified atom stereocenters. The third-order valence-corrected chi connectivity index (χ3v) is 3.61. The number of amides is 1. The van der Waals surface area contributed by atoms with Crippen molar-refractivity contribution in [2.24, 2.45) is 5.92 Å². The van der Waals surface area contributed by atoms with Gasteiger partial charge >= 0.3 is 0 Å². The predicted molar refractivity (Wildman–Crippen MR) is 73.1 cm³/mol. The molecule has 0 spiro atoms. The highest BCUT2D eigenvalue weighted by molar-refractivity contribution is 5.76. The zero-order chi connectivity index (χ0) is 12.8. The van der Waals surface area contributed by atoms with Gasteiger partial charge in [-0.2, -0.15) is 0 Å². The number of hydrogen-bond donors (Lipinski definition) is 1. The van der Waals surface area contributed by atoms with Gasteiger partial charge in [-0.1, -0.05) is 30.3 Å². The number of hydrogen-bond acceptors (Lipinski definition) is 2. The van der Waals surface area contributed by atoms with Crippen molar-refractivity contribution in [3.05, 3.63) is 35.9 Å². The molecule has 0 atom stereocenters. The van der Waals surface area contributed by atoms with Crippen LogP contribution < -0.4 is 5.32 Å². The van der Waals surface area contributed by atoms with Gasteiger partial charge in [0, 0.05) is 20.0 Å². The summed E-state index contributed by atoms with van der Waals surface area (Å²) >= 11 is 0. The Morgan fingerprint density at radius 1 is 1.28 bits per heavy atom. The van der Waals surface area contributed by atoms with Crippen molar-refractivity contribution in [1.29, 1.82) is 0 Å². The molecule has 18 heavy (non-hydrogen) atoms. The van der Waals surface area contributed by atoms with Crippen molar-refractivity contribution < 1.29 is 4.79 Å². The summed E-state index contributed by atoms with van der Waals surface area (Å²) in [6, 6.07) is 10.2. The molecule has 1 amide bonds. The molecule has 0 saturated carbocycles. The highest BCUT2D eigenvalue weighted by Crippen LogP contribution is 2.17. The van der Waals surface area contributed by atoms with E-state index in [9.17, 15) is 4.79 Å². The summed E-state index contributed by atoms with van der Waals surface area (Å²) < 4.78 is 0. The van der Waals surface area contributed by atoms with Gasteiger partial charge in [0.1, 0.15) is 0 Å². The summed E-state index contributed by atoms with van der Waals surface area (Å²) in [4.78, 5) is 14.0. The van der Waals surface area contributed by atoms with E-state index in [4.69, 9.17) is 0 Å². The Morgan fingerprint density at radius 3 is 2.61 bits per heavy atom. The molecule has 3 heteroatoms. The topological polar surface area (TPSA) is 32.3 Å². The minimum Gasteiger partial charge on any atom is -0.341 e. The van der Waals surface area contributed by atoms with Crippen LogP contribution >= 0.6 is 0 Å². The molecule has 1 aliphatic heterocycles. The maximum atomic E-state index is 12.1. The fourth-order valence-corrected chi connectivity index (χ4v) is 2.43. The number of piperidine rings is 1. The van der Waals surface area contributed by atoms with Crippen LogP contribution in [0, 0.1) is 5.92 Å². The summed E-state index contributed by atoms with van der Waals surface area (Å²) in [7, 11) is 1.90. The average molecular weight is 246 g/mol. The van der Waals surface area contributed by atoms with E-state index < -0.39 is 0 Å². The Bertz CT molecular complexity index is 371. The predicted octanol–water partition coefficient (Wildman–Crippen LogP) is 2.03. The van der Waals surface area contributed by atoms with Gasteiger partial charge in [0.2, 0.25) is 5.91 Å². The molecular formula is C15H22N2O. The van der Waals surface area contributed by atoms with E-state index in [0.717, 1.165) is 25.9 Å². The summed E-state index contributed by atoms with van der Waals surface area (Å²) in [6.07, 6.45) is 2.96. The molecule has 0 aliphatic carbocycles. The molecule has 0 bridgehead atoms. The zero-order valence-electron chi connectivity index (χ0n) is 11.1. The zero-order valence-corrected chi connectivity index (χ0v) is 11.1. The lowest BCUT2D eigenvalue weighted by Crippen LogP contribution is -2.33. The van der Waals surface area contributed by atoms with Crippen molar-refractivity contribution in [3.63, 3.8) is 0 Å². The van der Waals surface area contributed by atoms with E-state index in [2.05, 4.69) is 17.4 Å². The molecule has 3 nitrogen and oxygen atoms in total. The largest absolute Gasteiger partial charge is 0.341 e. The molecule has 1 aromatic carbocycles. The monoisotopic (exact) mass is 246 g/mol. The summed E-state index contributed by atoms with van der Waals surface area (Å²) in [6.45, 7) is 2.82. The van der Waals surface area contributed by atoms with Crippen molar-refractivity contribution >= 4 is 5.91 Å². The van der Waals surface area contributed by atoms with Gasteiger partial charge in [-0.3, -0.25) is 4.79 Å². The first-order valence-electron chi connectivity index (χ1n) is 6.74. The number of nitrogens with one attached hydrogen (secondary N) is 1. The third kappa shape index (κ3) is 3.84. The Morgan fingerprint density at radius 2 is 1.94 bits per heavy atom. The third-order valence-electron chi connectivity index (χ3n) is 3.61. The van der Waals surface area contributed by atoms with E-state index in [1.54, 1.807) is 0 Å². The fraction of sp³-hybridized carbons (Fsp3) is 0.533. The van der Waals surface area contributed by atoms with Crippen molar-refractivity contribution in [3.8, 4) is 0 Å². The average Bonchev–Trinajstić information content (AvgIpc) is 2.41. The van der Waals surface area contributed by atoms with Gasteiger partial charge in [0.05, 0.1) is 0 Å². The van der Waals surface area contributed by atoms with E-state index in [0.29, 0.717) is 18.9 Å². The maximum absolute atomic E-state index is 12.1. The highest BCUT2D eigenvalue weighted by Gasteiger charge is 2.18. The van der Waals surface area contributed by atoms with E-state index in [1.807, 2.05) is 30.1 Å². The lowest BCUT2D eigenvalue weighted by Gasteiger charge is -2.25. The van der Waals surface area contributed by atoms with Gasteiger partial charge in [-0.25, -0.2) is 0 Å². The van der Waals surface area contributed by atoms with Crippen LogP contribution in [-0.2, 0) is 11.3 Å². The minimum atomic E-state index is 0.269. The highest BCUT2D eigenvalue weighted by atomic mass is 16.2. The molecule has 1 fully saturated rings. The van der Waals surface area contributed by atoms with Gasteiger partial charge in [-0.15, -0.1) is 0 Å². The van der Waals surface area contributed by atoms with Gasteiger partial charge in [0.25, 0.3) is 0 Å². The molecule has 0 radical (unpaired) electrons. The second kappa shape index (κ2) is 6.55. The second-order valence-corrected chi connectivity index (χ2v) is 5.13. The molecular weight excluding hydrogens is 224 g/mol. The number of rotatable bonds is 4. The first-order chi connectivity index (χ1) is 8.75. The van der Waals surface area contributed by atoms with Crippen LogP contribution in [0.1, 0.15) is 24.8 Å². The Balaban J connectivity index is 1.81. The van der Waals surface area contributed by atoms with Crippen LogP contribution in [0.15, 0.2) is 30.3 Å². The minimum absolute atomic E-state index is 0.269. The number of nitrogens with zero attached hydrogens (tertiary/aromatic N) is 1. The van der Waals surface area contributed by atoms with Gasteiger partial charge in [0.15, 0.2) is 0 Å². The Labute approximate surface area is 109 Å². The maximum Gasteiger partial charge on any atom is 0.222 e. The molecule has 98 valence electrons. The van der Waals surface area contributed by atoms with Gasteiger partial charge in [-0.05, 0) is 37.4 Å². The molecule has 1 saturated heterocycles. The van der Waals surface area contributed by atoms with Crippen molar-refractivity contribution in [2.75, 3.05) is 20.1 Å². The lowest BCUT2D eigenvalue weighted by molar-refractivity contribution is -0.131. The van der Waals surface area contributed by atoms with Crippen LogP contribution in [-0.4, -0.2) is 30.9 Å². The molecule has 0 aromatic heterocycles. The van der Waals surface area contributed by atoms with Crippen LogP contribution in [0.5, 0.6) is 0 Å². The number of carbonyl (C=O) groups is 1. The summed E-state index contributed by atoms with van der Waals surface area (Å²) in [5.74, 6) is 0.836. The quantitative estimate of drug-likeness (QED) is 0.881. The molecule has 2 rings (SSSR count). The molecule has 1 aliphatic rings. The molecule has 1 aromatic rings. The first kappa shape index (κ1) is 13.1. The van der Waals surface area contributed by atoms with Gasteiger partial charge < -0.3 is 10.2 Å². The Kier molecular flexibility index (Phi) is 4.76. The van der Waals surface area contributed by atoms with E-state index in [-0.39, 0.29) is 5.91 Å². The Hall–Kier alpha value is -1.35. The fourth-order valence-electron chi connectivity index (χ4n) is 2.43. The van der Waals surface area contributed by atoms with Crippen molar-refractivity contribution in [2.45, 2.75) is 25.8 Å². The van der Waals surface area contributed by atoms with Crippen LogP contribution in [0.25, 0.3) is 0 Å². The standard InChI is InChI=1S/C15H22N2O/c1-17(12-14-5-3-2-4-6-14)15(18)11-13-7-9-16-10-8-13/h2-6,13,16H,7-12H2,1H3. The summed E-state index contributed by atoms with van der Waals surface area (Å²) in [5.41, 5.74) is 1.19. The molecule has 1 heterocycles. The first-order valence-corrected chi connectivity index (χ1v) is 6.74. The normalized spacial score (nSPS) is 16.5. The number of benzene rings is 1. The summed E-state index contributed by atoms with van der Waals surface area (Å²) in [5, 5.41) is 3.33.